The quantitative estimate of drug-likeness (QED) is 0.673. The van der Waals surface area contributed by atoms with Gasteiger partial charge in [0.2, 0.25) is 0 Å². The third kappa shape index (κ3) is 3.63. The number of benzene rings is 2. The van der Waals surface area contributed by atoms with Crippen molar-refractivity contribution < 1.29 is 4.74 Å². The maximum Gasteiger partial charge on any atom is 0.326 e. The molecule has 0 aliphatic heterocycles. The Bertz CT molecular complexity index is 856. The number of nitrogens with zero attached hydrogens (tertiary/aromatic N) is 1. The third-order valence-corrected chi connectivity index (χ3v) is 3.95. The van der Waals surface area contributed by atoms with Crippen molar-refractivity contribution in [3.05, 3.63) is 64.1 Å². The first-order valence-corrected chi connectivity index (χ1v) is 7.72. The smallest absolute Gasteiger partial charge is 0.326 e. The number of ether oxygens (including phenoxy) is 1. The molecule has 0 aliphatic carbocycles. The van der Waals surface area contributed by atoms with Gasteiger partial charge in [-0.05, 0) is 30.7 Å². The molecule has 0 unspecified atom stereocenters. The van der Waals surface area contributed by atoms with Crippen LogP contribution in [0.3, 0.4) is 0 Å². The van der Waals surface area contributed by atoms with Gasteiger partial charge in [0.05, 0.1) is 5.52 Å². The molecule has 3 rings (SSSR count). The Balaban J connectivity index is 0.00000208. The van der Waals surface area contributed by atoms with E-state index in [1.165, 1.54) is 5.56 Å². The Morgan fingerprint density at radius 1 is 1.17 bits per heavy atom. The normalized spacial score (nSPS) is 10.6. The van der Waals surface area contributed by atoms with E-state index in [1.54, 1.807) is 11.6 Å². The number of likely N-dealkylation sites (N-methyl/N-ethyl adjacent to an activating group) is 1. The van der Waals surface area contributed by atoms with Gasteiger partial charge in [-0.15, -0.1) is 12.4 Å². The minimum atomic E-state index is -0.126. The Kier molecular flexibility index (Phi) is 6.06. The standard InChI is InChI=1S/C18H21N3O2.ClH/c1-19-10-11-23-15-9-8-14(12-13-6-4-3-5-7-13)16-17(15)21(2)18(22)20-16;/h3-9,19H,10-12H2,1-2H3,(H,20,22);1H. The van der Waals surface area contributed by atoms with Gasteiger partial charge in [-0.1, -0.05) is 36.4 Å². The molecule has 2 N–H and O–H groups in total. The van der Waals surface area contributed by atoms with Crippen molar-refractivity contribution in [3.8, 4) is 5.75 Å². The Hall–Kier alpha value is -2.24. The molecule has 2 aromatic carbocycles. The van der Waals surface area contributed by atoms with E-state index >= 15 is 0 Å². The predicted molar refractivity (Wildman–Crippen MR) is 99.5 cm³/mol. The van der Waals surface area contributed by atoms with Gasteiger partial charge in [0, 0.05) is 13.6 Å². The van der Waals surface area contributed by atoms with E-state index in [4.69, 9.17) is 4.74 Å². The van der Waals surface area contributed by atoms with Crippen LogP contribution in [0, 0.1) is 0 Å². The zero-order valence-electron chi connectivity index (χ0n) is 13.8. The van der Waals surface area contributed by atoms with Crippen LogP contribution in [0.5, 0.6) is 5.75 Å². The molecule has 0 amide bonds. The second-order valence-electron chi connectivity index (χ2n) is 5.55. The van der Waals surface area contributed by atoms with Gasteiger partial charge in [0.15, 0.2) is 0 Å². The summed E-state index contributed by atoms with van der Waals surface area (Å²) in [6.45, 7) is 1.31. The topological polar surface area (TPSA) is 59.0 Å². The summed E-state index contributed by atoms with van der Waals surface area (Å²) in [7, 11) is 3.65. The zero-order valence-corrected chi connectivity index (χ0v) is 14.7. The lowest BCUT2D eigenvalue weighted by molar-refractivity contribution is 0.321. The van der Waals surface area contributed by atoms with Crippen LogP contribution in [0.15, 0.2) is 47.3 Å². The summed E-state index contributed by atoms with van der Waals surface area (Å²) < 4.78 is 7.43. The van der Waals surface area contributed by atoms with Gasteiger partial charge in [-0.25, -0.2) is 4.79 Å². The van der Waals surface area contributed by atoms with Crippen LogP contribution in [-0.2, 0) is 13.5 Å². The Labute approximate surface area is 147 Å². The molecule has 0 atom stereocenters. The van der Waals surface area contributed by atoms with Crippen molar-refractivity contribution in [3.63, 3.8) is 0 Å². The van der Waals surface area contributed by atoms with Crippen molar-refractivity contribution in [1.29, 1.82) is 0 Å². The van der Waals surface area contributed by atoms with Crippen molar-refractivity contribution in [2.45, 2.75) is 6.42 Å². The Morgan fingerprint density at radius 2 is 1.92 bits per heavy atom. The monoisotopic (exact) mass is 347 g/mol. The number of halogens is 1. The molecular weight excluding hydrogens is 326 g/mol. The molecule has 24 heavy (non-hydrogen) atoms. The number of H-pyrrole nitrogens is 1. The molecule has 0 spiro atoms. The molecule has 3 aromatic rings. The number of aromatic nitrogens is 2. The first-order chi connectivity index (χ1) is 11.2. The van der Waals surface area contributed by atoms with Gasteiger partial charge in [-0.3, -0.25) is 4.57 Å². The number of fused-ring (bicyclic) bond motifs is 1. The summed E-state index contributed by atoms with van der Waals surface area (Å²) in [6.07, 6.45) is 0.772. The molecule has 0 bridgehead atoms. The average molecular weight is 348 g/mol. The molecule has 0 radical (unpaired) electrons. The summed E-state index contributed by atoms with van der Waals surface area (Å²) in [6, 6.07) is 14.2. The van der Waals surface area contributed by atoms with Gasteiger partial charge >= 0.3 is 5.69 Å². The van der Waals surface area contributed by atoms with Crippen molar-refractivity contribution in [1.82, 2.24) is 14.9 Å². The minimum absolute atomic E-state index is 0. The summed E-state index contributed by atoms with van der Waals surface area (Å²) in [4.78, 5) is 15.0. The fourth-order valence-corrected chi connectivity index (χ4v) is 2.72. The second-order valence-corrected chi connectivity index (χ2v) is 5.55. The number of imidazole rings is 1. The van der Waals surface area contributed by atoms with Crippen molar-refractivity contribution in [2.24, 2.45) is 7.05 Å². The summed E-state index contributed by atoms with van der Waals surface area (Å²) in [5.74, 6) is 0.730. The van der Waals surface area contributed by atoms with Crippen LogP contribution in [0.2, 0.25) is 0 Å². The molecule has 128 valence electrons. The van der Waals surface area contributed by atoms with E-state index in [2.05, 4.69) is 22.4 Å². The van der Waals surface area contributed by atoms with E-state index in [9.17, 15) is 4.79 Å². The highest BCUT2D eigenvalue weighted by atomic mass is 35.5. The fraction of sp³-hybridized carbons (Fsp3) is 0.278. The van der Waals surface area contributed by atoms with E-state index in [0.29, 0.717) is 6.61 Å². The van der Waals surface area contributed by atoms with Crippen LogP contribution in [0.25, 0.3) is 11.0 Å². The van der Waals surface area contributed by atoms with E-state index in [-0.39, 0.29) is 18.1 Å². The largest absolute Gasteiger partial charge is 0.490 e. The molecular formula is C18H22ClN3O2. The average Bonchev–Trinajstić information content (AvgIpc) is 2.87. The molecule has 6 heteroatoms. The van der Waals surface area contributed by atoms with E-state index < -0.39 is 0 Å². The van der Waals surface area contributed by atoms with Crippen LogP contribution in [0.4, 0.5) is 0 Å². The fourth-order valence-electron chi connectivity index (χ4n) is 2.72. The maximum atomic E-state index is 12.1. The van der Waals surface area contributed by atoms with Gasteiger partial charge < -0.3 is 15.0 Å². The highest BCUT2D eigenvalue weighted by Crippen LogP contribution is 2.27. The highest BCUT2D eigenvalue weighted by Gasteiger charge is 2.14. The first kappa shape index (κ1) is 18.1. The molecule has 0 fully saturated rings. The summed E-state index contributed by atoms with van der Waals surface area (Å²) in [5.41, 5.74) is 3.84. The number of aromatic amines is 1. The Morgan fingerprint density at radius 3 is 2.62 bits per heavy atom. The predicted octanol–water partition coefficient (Wildman–Crippen LogP) is 2.48. The number of aryl methyl sites for hydroxylation is 1. The SMILES string of the molecule is CNCCOc1ccc(Cc2ccccc2)c2[nH]c(=O)n(C)c12.Cl. The second kappa shape index (κ2) is 8.04. The first-order valence-electron chi connectivity index (χ1n) is 7.72. The number of hydrogen-bond donors (Lipinski definition) is 2. The van der Waals surface area contributed by atoms with E-state index in [0.717, 1.165) is 35.3 Å². The summed E-state index contributed by atoms with van der Waals surface area (Å²) in [5, 5.41) is 3.05. The molecule has 1 aromatic heterocycles. The lowest BCUT2D eigenvalue weighted by Crippen LogP contribution is -2.16. The van der Waals surface area contributed by atoms with Gasteiger partial charge in [0.25, 0.3) is 0 Å². The van der Waals surface area contributed by atoms with E-state index in [1.807, 2.05) is 37.4 Å². The van der Waals surface area contributed by atoms with Crippen LogP contribution >= 0.6 is 12.4 Å². The molecule has 0 saturated carbocycles. The van der Waals surface area contributed by atoms with Crippen LogP contribution in [0.1, 0.15) is 11.1 Å². The minimum Gasteiger partial charge on any atom is -0.490 e. The summed E-state index contributed by atoms with van der Waals surface area (Å²) >= 11 is 0. The van der Waals surface area contributed by atoms with Gasteiger partial charge in [0.1, 0.15) is 17.9 Å². The maximum absolute atomic E-state index is 12.1. The molecule has 0 saturated heterocycles. The zero-order chi connectivity index (χ0) is 16.2. The number of hydrogen-bond acceptors (Lipinski definition) is 3. The third-order valence-electron chi connectivity index (χ3n) is 3.95. The molecule has 5 nitrogen and oxygen atoms in total. The van der Waals surface area contributed by atoms with Crippen LogP contribution < -0.4 is 15.7 Å². The van der Waals surface area contributed by atoms with Crippen molar-refractivity contribution >= 4 is 23.4 Å². The highest BCUT2D eigenvalue weighted by molar-refractivity contribution is 5.85. The van der Waals surface area contributed by atoms with Gasteiger partial charge in [-0.2, -0.15) is 0 Å². The molecule has 1 heterocycles. The lowest BCUT2D eigenvalue weighted by atomic mass is 10.0. The van der Waals surface area contributed by atoms with Crippen LogP contribution in [-0.4, -0.2) is 29.8 Å². The molecule has 0 aliphatic rings. The lowest BCUT2D eigenvalue weighted by Gasteiger charge is -2.11. The van der Waals surface area contributed by atoms with Crippen molar-refractivity contribution in [2.75, 3.05) is 20.2 Å². The number of nitrogens with one attached hydrogen (secondary N) is 2. The number of rotatable bonds is 6.